The quantitative estimate of drug-likeness (QED) is 0.765. The van der Waals surface area contributed by atoms with Gasteiger partial charge in [0.1, 0.15) is 0 Å². The topological polar surface area (TPSA) is 43.1 Å². The Kier molecular flexibility index (Phi) is 4.11. The second-order valence-electron chi connectivity index (χ2n) is 4.49. The Morgan fingerprint density at radius 2 is 2.06 bits per heavy atom. The van der Waals surface area contributed by atoms with Crippen molar-refractivity contribution < 1.29 is 4.79 Å². The highest BCUT2D eigenvalue weighted by Gasteiger charge is 2.17. The minimum absolute atomic E-state index is 0. The van der Waals surface area contributed by atoms with Crippen molar-refractivity contribution >= 4 is 18.2 Å². The van der Waals surface area contributed by atoms with Crippen LogP contribution < -0.4 is 5.73 Å². The molecule has 1 aromatic rings. The number of rotatable bonds is 1. The lowest BCUT2D eigenvalue weighted by atomic mass is 9.85. The largest absolute Gasteiger partial charge is 0.327 e. The molecule has 2 N–H and O–H groups in total. The summed E-state index contributed by atoms with van der Waals surface area (Å²) in [6.45, 7) is 3.63. The zero-order valence-corrected chi connectivity index (χ0v) is 10.6. The molecular weight excluding hydrogens is 222 g/mol. The van der Waals surface area contributed by atoms with E-state index in [1.807, 2.05) is 13.0 Å². The van der Waals surface area contributed by atoms with Crippen molar-refractivity contribution in [3.8, 4) is 0 Å². The highest BCUT2D eigenvalue weighted by Crippen LogP contribution is 2.24. The number of aryl methyl sites for hydroxylation is 2. The summed E-state index contributed by atoms with van der Waals surface area (Å²) in [7, 11) is 0. The van der Waals surface area contributed by atoms with E-state index in [0.29, 0.717) is 0 Å². The van der Waals surface area contributed by atoms with E-state index in [4.69, 9.17) is 5.73 Å². The number of carbonyl (C=O) groups excluding carboxylic acids is 1. The minimum Gasteiger partial charge on any atom is -0.327 e. The predicted molar refractivity (Wildman–Crippen MR) is 68.4 cm³/mol. The van der Waals surface area contributed by atoms with Crippen LogP contribution in [0.3, 0.4) is 0 Å². The van der Waals surface area contributed by atoms with Crippen molar-refractivity contribution in [3.05, 3.63) is 34.4 Å². The fourth-order valence-corrected chi connectivity index (χ4v) is 2.34. The molecule has 1 unspecified atom stereocenters. The summed E-state index contributed by atoms with van der Waals surface area (Å²) < 4.78 is 0. The summed E-state index contributed by atoms with van der Waals surface area (Å²) >= 11 is 0. The maximum Gasteiger partial charge on any atom is 0.160 e. The lowest BCUT2D eigenvalue weighted by molar-refractivity contribution is 0.101. The maximum atomic E-state index is 11.4. The Morgan fingerprint density at radius 1 is 1.38 bits per heavy atom. The third-order valence-electron chi connectivity index (χ3n) is 3.19. The van der Waals surface area contributed by atoms with Crippen LogP contribution in [0, 0.1) is 6.92 Å². The maximum absolute atomic E-state index is 11.4. The first-order chi connectivity index (χ1) is 7.08. The van der Waals surface area contributed by atoms with Gasteiger partial charge >= 0.3 is 0 Å². The normalized spacial score (nSPS) is 18.6. The van der Waals surface area contributed by atoms with Gasteiger partial charge in [0.05, 0.1) is 0 Å². The van der Waals surface area contributed by atoms with Gasteiger partial charge in [-0.25, -0.2) is 0 Å². The second-order valence-corrected chi connectivity index (χ2v) is 4.49. The molecule has 0 saturated heterocycles. The summed E-state index contributed by atoms with van der Waals surface area (Å²) in [4.78, 5) is 11.4. The number of hydrogen-bond donors (Lipinski definition) is 1. The molecule has 0 saturated carbocycles. The van der Waals surface area contributed by atoms with Gasteiger partial charge in [-0.05, 0) is 55.9 Å². The van der Waals surface area contributed by atoms with E-state index in [2.05, 4.69) is 6.07 Å². The van der Waals surface area contributed by atoms with Gasteiger partial charge in [-0.3, -0.25) is 4.79 Å². The third-order valence-corrected chi connectivity index (χ3v) is 3.19. The Morgan fingerprint density at radius 3 is 2.69 bits per heavy atom. The highest BCUT2D eigenvalue weighted by atomic mass is 35.5. The lowest BCUT2D eigenvalue weighted by Crippen LogP contribution is -2.28. The number of halogens is 1. The average Bonchev–Trinajstić information content (AvgIpc) is 2.17. The van der Waals surface area contributed by atoms with E-state index in [-0.39, 0.29) is 24.2 Å². The number of nitrogens with two attached hydrogens (primary N) is 1. The van der Waals surface area contributed by atoms with E-state index in [0.717, 1.165) is 30.4 Å². The Balaban J connectivity index is 0.00000128. The van der Waals surface area contributed by atoms with Crippen molar-refractivity contribution in [2.45, 2.75) is 39.2 Å². The van der Waals surface area contributed by atoms with Crippen molar-refractivity contribution in [1.29, 1.82) is 0 Å². The summed E-state index contributed by atoms with van der Waals surface area (Å²) in [5, 5.41) is 0. The van der Waals surface area contributed by atoms with Crippen molar-refractivity contribution in [2.24, 2.45) is 5.73 Å². The molecule has 88 valence electrons. The fourth-order valence-electron chi connectivity index (χ4n) is 2.34. The van der Waals surface area contributed by atoms with Gasteiger partial charge in [0.15, 0.2) is 5.78 Å². The van der Waals surface area contributed by atoms with Crippen LogP contribution in [0.15, 0.2) is 12.1 Å². The predicted octanol–water partition coefficient (Wildman–Crippen LogP) is 2.44. The number of Topliss-reactive ketones (excluding diaryl/α,β-unsaturated/α-hetero) is 1. The van der Waals surface area contributed by atoms with Gasteiger partial charge in [-0.1, -0.05) is 6.07 Å². The molecule has 0 spiro atoms. The average molecular weight is 240 g/mol. The highest BCUT2D eigenvalue weighted by molar-refractivity contribution is 5.95. The zero-order chi connectivity index (χ0) is 11.0. The van der Waals surface area contributed by atoms with Gasteiger partial charge in [0.25, 0.3) is 0 Å². The number of benzene rings is 1. The third kappa shape index (κ3) is 2.45. The molecule has 1 aliphatic carbocycles. The molecular formula is C13H18ClNO. The number of ketones is 1. The molecule has 0 aliphatic heterocycles. The molecule has 1 aliphatic rings. The van der Waals surface area contributed by atoms with E-state index in [9.17, 15) is 4.79 Å². The van der Waals surface area contributed by atoms with Crippen molar-refractivity contribution in [2.75, 3.05) is 0 Å². The molecule has 2 rings (SSSR count). The summed E-state index contributed by atoms with van der Waals surface area (Å²) in [6, 6.07) is 4.45. The Labute approximate surface area is 103 Å². The molecule has 0 aromatic heterocycles. The van der Waals surface area contributed by atoms with Crippen molar-refractivity contribution in [3.63, 3.8) is 0 Å². The van der Waals surface area contributed by atoms with Gasteiger partial charge in [-0.15, -0.1) is 12.4 Å². The van der Waals surface area contributed by atoms with Crippen LogP contribution in [0.4, 0.5) is 0 Å². The standard InChI is InChI=1S/C13H17NO.ClH/c1-8-5-10-3-4-12(14)6-11(10)7-13(8)9(2)15;/h5,7,12H,3-4,6,14H2,1-2H3;1H. The Hall–Kier alpha value is -0.860. The van der Waals surface area contributed by atoms with Crippen LogP contribution in [-0.2, 0) is 12.8 Å². The smallest absolute Gasteiger partial charge is 0.160 e. The number of hydrogen-bond acceptors (Lipinski definition) is 2. The van der Waals surface area contributed by atoms with E-state index >= 15 is 0 Å². The van der Waals surface area contributed by atoms with E-state index in [1.165, 1.54) is 11.1 Å². The van der Waals surface area contributed by atoms with Crippen LogP contribution >= 0.6 is 12.4 Å². The number of carbonyl (C=O) groups is 1. The molecule has 0 amide bonds. The molecule has 0 radical (unpaired) electrons. The lowest BCUT2D eigenvalue weighted by Gasteiger charge is -2.22. The van der Waals surface area contributed by atoms with Crippen LogP contribution in [0.2, 0.25) is 0 Å². The van der Waals surface area contributed by atoms with E-state index < -0.39 is 0 Å². The van der Waals surface area contributed by atoms with Gasteiger partial charge < -0.3 is 5.73 Å². The van der Waals surface area contributed by atoms with Gasteiger partial charge in [0, 0.05) is 11.6 Å². The summed E-state index contributed by atoms with van der Waals surface area (Å²) in [6.07, 6.45) is 3.03. The summed E-state index contributed by atoms with van der Waals surface area (Å²) in [5.41, 5.74) is 10.5. The SMILES string of the molecule is CC(=O)c1cc2c(cc1C)CCC(N)C2.Cl. The first-order valence-corrected chi connectivity index (χ1v) is 5.47. The first kappa shape index (κ1) is 13.2. The van der Waals surface area contributed by atoms with Crippen molar-refractivity contribution in [1.82, 2.24) is 0 Å². The fraction of sp³-hybridized carbons (Fsp3) is 0.462. The van der Waals surface area contributed by atoms with Gasteiger partial charge in [-0.2, -0.15) is 0 Å². The van der Waals surface area contributed by atoms with Crippen LogP contribution in [0.25, 0.3) is 0 Å². The van der Waals surface area contributed by atoms with Crippen LogP contribution in [0.5, 0.6) is 0 Å². The second kappa shape index (κ2) is 4.98. The van der Waals surface area contributed by atoms with Crippen LogP contribution in [0.1, 0.15) is 40.4 Å². The Bertz CT molecular complexity index is 415. The molecule has 3 heteroatoms. The first-order valence-electron chi connectivity index (χ1n) is 5.47. The van der Waals surface area contributed by atoms with Gasteiger partial charge in [0.2, 0.25) is 0 Å². The van der Waals surface area contributed by atoms with E-state index in [1.54, 1.807) is 6.92 Å². The molecule has 1 aromatic carbocycles. The molecule has 0 fully saturated rings. The molecule has 1 atom stereocenters. The number of fused-ring (bicyclic) bond motifs is 1. The molecule has 16 heavy (non-hydrogen) atoms. The zero-order valence-electron chi connectivity index (χ0n) is 9.75. The van der Waals surface area contributed by atoms with Crippen LogP contribution in [-0.4, -0.2) is 11.8 Å². The monoisotopic (exact) mass is 239 g/mol. The molecule has 0 heterocycles. The minimum atomic E-state index is 0. The molecule has 0 bridgehead atoms. The molecule has 2 nitrogen and oxygen atoms in total. The summed E-state index contributed by atoms with van der Waals surface area (Å²) in [5.74, 6) is 0.148.